The van der Waals surface area contributed by atoms with Crippen molar-refractivity contribution in [2.75, 3.05) is 12.3 Å². The van der Waals surface area contributed by atoms with Crippen LogP contribution in [0.3, 0.4) is 0 Å². The van der Waals surface area contributed by atoms with Crippen molar-refractivity contribution in [2.24, 2.45) is 5.92 Å². The van der Waals surface area contributed by atoms with Gasteiger partial charge in [0.1, 0.15) is 0 Å². The highest BCUT2D eigenvalue weighted by molar-refractivity contribution is 7.99. The Morgan fingerprint density at radius 2 is 2.06 bits per heavy atom. The van der Waals surface area contributed by atoms with Crippen LogP contribution in [-0.4, -0.2) is 28.3 Å². The van der Waals surface area contributed by atoms with Crippen molar-refractivity contribution in [3.8, 4) is 0 Å². The summed E-state index contributed by atoms with van der Waals surface area (Å²) in [6.45, 7) is 3.35. The van der Waals surface area contributed by atoms with E-state index in [-0.39, 0.29) is 0 Å². The van der Waals surface area contributed by atoms with Gasteiger partial charge in [-0.05, 0) is 37.8 Å². The van der Waals surface area contributed by atoms with Crippen LogP contribution in [0.4, 0.5) is 0 Å². The number of thioether (sulfide) groups is 1. The molecule has 1 fully saturated rings. The fraction of sp³-hybridized carbons (Fsp3) is 0.714. The summed E-state index contributed by atoms with van der Waals surface area (Å²) in [5.41, 5.74) is 0. The molecule has 1 aromatic heterocycles. The Hall–Kier alpha value is -0.610. The third-order valence-electron chi connectivity index (χ3n) is 3.56. The molecule has 1 aromatic rings. The van der Waals surface area contributed by atoms with Gasteiger partial charge in [0.15, 0.2) is 5.16 Å². The molecule has 1 atom stereocenters. The number of hydrogen-bond acceptors (Lipinski definition) is 4. The Balaban J connectivity index is 1.84. The summed E-state index contributed by atoms with van der Waals surface area (Å²) in [6.07, 6.45) is 10.4. The number of nitrogens with zero attached hydrogens (tertiary/aromatic N) is 2. The van der Waals surface area contributed by atoms with E-state index >= 15 is 0 Å². The monoisotopic (exact) mass is 265 g/mol. The van der Waals surface area contributed by atoms with Crippen molar-refractivity contribution in [1.29, 1.82) is 0 Å². The van der Waals surface area contributed by atoms with E-state index in [9.17, 15) is 0 Å². The quantitative estimate of drug-likeness (QED) is 0.607. The highest BCUT2D eigenvalue weighted by Gasteiger charge is 2.24. The number of rotatable bonds is 7. The molecule has 0 aromatic carbocycles. The highest BCUT2D eigenvalue weighted by atomic mass is 32.2. The lowest BCUT2D eigenvalue weighted by Gasteiger charge is -2.24. The second-order valence-electron chi connectivity index (χ2n) is 4.95. The van der Waals surface area contributed by atoms with Crippen LogP contribution in [0.25, 0.3) is 0 Å². The van der Waals surface area contributed by atoms with Gasteiger partial charge in [-0.3, -0.25) is 0 Å². The first-order valence-electron chi connectivity index (χ1n) is 7.03. The Morgan fingerprint density at radius 1 is 1.33 bits per heavy atom. The molecule has 1 N–H and O–H groups in total. The van der Waals surface area contributed by atoms with Gasteiger partial charge < -0.3 is 5.32 Å². The van der Waals surface area contributed by atoms with Crippen LogP contribution < -0.4 is 5.32 Å². The molecular weight excluding hydrogens is 242 g/mol. The van der Waals surface area contributed by atoms with Crippen molar-refractivity contribution in [1.82, 2.24) is 15.3 Å². The zero-order valence-corrected chi connectivity index (χ0v) is 12.0. The average Bonchev–Trinajstić information content (AvgIpc) is 2.94. The zero-order valence-electron chi connectivity index (χ0n) is 11.1. The van der Waals surface area contributed by atoms with Crippen molar-refractivity contribution in [3.05, 3.63) is 18.5 Å². The molecule has 1 saturated carbocycles. The van der Waals surface area contributed by atoms with Gasteiger partial charge in [0.25, 0.3) is 0 Å². The Morgan fingerprint density at radius 3 is 2.72 bits per heavy atom. The van der Waals surface area contributed by atoms with E-state index < -0.39 is 0 Å². The maximum Gasteiger partial charge on any atom is 0.187 e. The molecule has 0 spiro atoms. The SMILES string of the molecule is CCCNC(CSc1ncccn1)C1CCCC1. The molecule has 0 saturated heterocycles. The van der Waals surface area contributed by atoms with Gasteiger partial charge in [0.05, 0.1) is 0 Å². The third kappa shape index (κ3) is 4.25. The van der Waals surface area contributed by atoms with E-state index in [4.69, 9.17) is 0 Å². The molecule has 0 aliphatic heterocycles. The number of nitrogens with one attached hydrogen (secondary N) is 1. The first-order valence-corrected chi connectivity index (χ1v) is 8.02. The van der Waals surface area contributed by atoms with E-state index in [1.807, 2.05) is 18.5 Å². The molecule has 1 unspecified atom stereocenters. The second-order valence-corrected chi connectivity index (χ2v) is 5.93. The number of aromatic nitrogens is 2. The van der Waals surface area contributed by atoms with Crippen molar-refractivity contribution < 1.29 is 0 Å². The number of hydrogen-bond donors (Lipinski definition) is 1. The lowest BCUT2D eigenvalue weighted by atomic mass is 10.00. The molecule has 100 valence electrons. The molecule has 0 amide bonds. The smallest absolute Gasteiger partial charge is 0.187 e. The first kappa shape index (κ1) is 13.8. The highest BCUT2D eigenvalue weighted by Crippen LogP contribution is 2.30. The summed E-state index contributed by atoms with van der Waals surface area (Å²) in [4.78, 5) is 8.56. The van der Waals surface area contributed by atoms with Crippen LogP contribution in [0.1, 0.15) is 39.0 Å². The van der Waals surface area contributed by atoms with Crippen LogP contribution >= 0.6 is 11.8 Å². The Kier molecular flexibility index (Phi) is 5.94. The van der Waals surface area contributed by atoms with Crippen molar-refractivity contribution >= 4 is 11.8 Å². The standard InChI is InChI=1S/C14H23N3S/c1-2-8-15-13(12-6-3-4-7-12)11-18-14-16-9-5-10-17-14/h5,9-10,12-13,15H,2-4,6-8,11H2,1H3. The summed E-state index contributed by atoms with van der Waals surface area (Å²) in [7, 11) is 0. The molecule has 1 aliphatic carbocycles. The minimum Gasteiger partial charge on any atom is -0.313 e. The molecule has 18 heavy (non-hydrogen) atoms. The second kappa shape index (κ2) is 7.74. The van der Waals surface area contributed by atoms with Crippen LogP contribution in [0, 0.1) is 5.92 Å². The van der Waals surface area contributed by atoms with Gasteiger partial charge in [-0.25, -0.2) is 9.97 Å². The largest absolute Gasteiger partial charge is 0.313 e. The molecule has 1 aliphatic rings. The lowest BCUT2D eigenvalue weighted by molar-refractivity contribution is 0.387. The summed E-state index contributed by atoms with van der Waals surface area (Å²) < 4.78 is 0. The van der Waals surface area contributed by atoms with Crippen LogP contribution in [0.5, 0.6) is 0 Å². The van der Waals surface area contributed by atoms with E-state index in [2.05, 4.69) is 22.2 Å². The fourth-order valence-electron chi connectivity index (χ4n) is 2.58. The van der Waals surface area contributed by atoms with Crippen LogP contribution in [0.2, 0.25) is 0 Å². The van der Waals surface area contributed by atoms with Gasteiger partial charge in [0, 0.05) is 24.2 Å². The predicted octanol–water partition coefficient (Wildman–Crippen LogP) is 3.13. The van der Waals surface area contributed by atoms with Gasteiger partial charge in [-0.1, -0.05) is 31.5 Å². The van der Waals surface area contributed by atoms with Crippen LogP contribution in [-0.2, 0) is 0 Å². The summed E-state index contributed by atoms with van der Waals surface area (Å²) in [5.74, 6) is 1.95. The molecule has 3 nitrogen and oxygen atoms in total. The molecule has 2 rings (SSSR count). The molecule has 1 heterocycles. The normalized spacial score (nSPS) is 18.1. The van der Waals surface area contributed by atoms with Gasteiger partial charge in [-0.2, -0.15) is 0 Å². The average molecular weight is 265 g/mol. The molecule has 4 heteroatoms. The lowest BCUT2D eigenvalue weighted by Crippen LogP contribution is -2.37. The van der Waals surface area contributed by atoms with Gasteiger partial charge in [-0.15, -0.1) is 0 Å². The Bertz CT molecular complexity index is 325. The van der Waals surface area contributed by atoms with Gasteiger partial charge >= 0.3 is 0 Å². The zero-order chi connectivity index (χ0) is 12.6. The van der Waals surface area contributed by atoms with E-state index in [1.165, 1.54) is 32.1 Å². The summed E-state index contributed by atoms with van der Waals surface area (Å²) >= 11 is 1.78. The molecule has 0 bridgehead atoms. The van der Waals surface area contributed by atoms with Crippen molar-refractivity contribution in [3.63, 3.8) is 0 Å². The van der Waals surface area contributed by atoms with E-state index in [0.717, 1.165) is 23.4 Å². The third-order valence-corrected chi connectivity index (χ3v) is 4.55. The Labute approximate surface area is 114 Å². The minimum atomic E-state index is 0.626. The topological polar surface area (TPSA) is 37.8 Å². The maximum atomic E-state index is 4.28. The van der Waals surface area contributed by atoms with Crippen LogP contribution in [0.15, 0.2) is 23.6 Å². The minimum absolute atomic E-state index is 0.626. The first-order chi connectivity index (χ1) is 8.90. The molecule has 0 radical (unpaired) electrons. The summed E-state index contributed by atoms with van der Waals surface area (Å²) in [5, 5.41) is 4.61. The van der Waals surface area contributed by atoms with E-state index in [0.29, 0.717) is 6.04 Å². The molecular formula is C14H23N3S. The van der Waals surface area contributed by atoms with Crippen molar-refractivity contribution in [2.45, 2.75) is 50.2 Å². The maximum absolute atomic E-state index is 4.28. The van der Waals surface area contributed by atoms with E-state index in [1.54, 1.807) is 11.8 Å². The fourth-order valence-corrected chi connectivity index (χ4v) is 3.56. The van der Waals surface area contributed by atoms with Gasteiger partial charge in [0.2, 0.25) is 0 Å². The summed E-state index contributed by atoms with van der Waals surface area (Å²) in [6, 6.07) is 2.50. The predicted molar refractivity (Wildman–Crippen MR) is 76.8 cm³/mol.